The molecule has 1 aliphatic rings. The highest BCUT2D eigenvalue weighted by Crippen LogP contribution is 2.46. The lowest BCUT2D eigenvalue weighted by molar-refractivity contribution is 0.470. The summed E-state index contributed by atoms with van der Waals surface area (Å²) in [6, 6.07) is 2.09. The standard InChI is InChI=1S/C18H31NOSi/c1-11(2)21(12(3)4,13(5)6)20-18-10-17(19)14(7)15-8-9-16(15)18/h10-13H,8-9,19H2,1-7H3. The van der Waals surface area contributed by atoms with Crippen LogP contribution in [0.2, 0.25) is 16.6 Å². The Bertz CT molecular complexity index is 513. The topological polar surface area (TPSA) is 35.2 Å². The molecular formula is C18H31NOSi. The summed E-state index contributed by atoms with van der Waals surface area (Å²) in [7, 11) is -1.88. The Kier molecular flexibility index (Phi) is 4.43. The number of nitrogens with two attached hydrogens (primary N) is 1. The molecule has 2 nitrogen and oxygen atoms in total. The summed E-state index contributed by atoms with van der Waals surface area (Å²) < 4.78 is 6.84. The number of benzene rings is 1. The quantitative estimate of drug-likeness (QED) is 0.597. The van der Waals surface area contributed by atoms with E-state index in [2.05, 4.69) is 54.5 Å². The molecule has 0 fully saturated rings. The van der Waals surface area contributed by atoms with Gasteiger partial charge in [0.05, 0.1) is 0 Å². The minimum Gasteiger partial charge on any atom is -0.542 e. The third-order valence-corrected chi connectivity index (χ3v) is 11.4. The Labute approximate surface area is 131 Å². The molecule has 0 amide bonds. The molecular weight excluding hydrogens is 274 g/mol. The highest BCUT2D eigenvalue weighted by atomic mass is 28.4. The van der Waals surface area contributed by atoms with Gasteiger partial charge in [-0.2, -0.15) is 0 Å². The molecule has 0 radical (unpaired) electrons. The third kappa shape index (κ3) is 2.50. The van der Waals surface area contributed by atoms with Gasteiger partial charge in [0.25, 0.3) is 8.32 Å². The third-order valence-electron chi connectivity index (χ3n) is 5.45. The second kappa shape index (κ2) is 5.67. The Morgan fingerprint density at radius 2 is 1.43 bits per heavy atom. The molecule has 3 heteroatoms. The van der Waals surface area contributed by atoms with Crippen LogP contribution in [0.5, 0.6) is 5.75 Å². The van der Waals surface area contributed by atoms with Crippen molar-refractivity contribution in [3.05, 3.63) is 22.8 Å². The Hall–Kier alpha value is -0.963. The average molecular weight is 306 g/mol. The SMILES string of the molecule is Cc1c(N)cc(O[Si](C(C)C)(C(C)C)C(C)C)c2c1CC2. The zero-order chi connectivity index (χ0) is 15.9. The molecule has 21 heavy (non-hydrogen) atoms. The van der Waals surface area contributed by atoms with Crippen LogP contribution in [0.15, 0.2) is 6.07 Å². The number of fused-ring (bicyclic) bond motifs is 1. The van der Waals surface area contributed by atoms with Gasteiger partial charge in [-0.25, -0.2) is 0 Å². The summed E-state index contributed by atoms with van der Waals surface area (Å²) in [6.07, 6.45) is 2.30. The fourth-order valence-corrected chi connectivity index (χ4v) is 9.48. The van der Waals surface area contributed by atoms with Crippen LogP contribution < -0.4 is 10.2 Å². The van der Waals surface area contributed by atoms with Crippen LogP contribution in [0.4, 0.5) is 5.69 Å². The first kappa shape index (κ1) is 16.4. The number of rotatable bonds is 5. The van der Waals surface area contributed by atoms with E-state index in [1.165, 1.54) is 16.7 Å². The van der Waals surface area contributed by atoms with E-state index >= 15 is 0 Å². The summed E-state index contributed by atoms with van der Waals surface area (Å²) in [6.45, 7) is 16.1. The molecule has 0 bridgehead atoms. The predicted molar refractivity (Wildman–Crippen MR) is 94.7 cm³/mol. The van der Waals surface area contributed by atoms with Gasteiger partial charge in [-0.3, -0.25) is 0 Å². The first-order chi connectivity index (χ1) is 9.71. The highest BCUT2D eigenvalue weighted by Gasteiger charge is 2.47. The molecule has 1 aromatic carbocycles. The minimum atomic E-state index is -1.88. The van der Waals surface area contributed by atoms with E-state index in [1.54, 1.807) is 0 Å². The Balaban J connectivity index is 2.48. The van der Waals surface area contributed by atoms with E-state index in [0.717, 1.165) is 24.3 Å². The molecule has 2 rings (SSSR count). The molecule has 0 saturated heterocycles. The second-order valence-corrected chi connectivity index (χ2v) is 12.8. The first-order valence-electron chi connectivity index (χ1n) is 8.31. The van der Waals surface area contributed by atoms with Crippen molar-refractivity contribution in [1.29, 1.82) is 0 Å². The van der Waals surface area contributed by atoms with Gasteiger partial charge in [0.2, 0.25) is 0 Å². The molecule has 0 aliphatic heterocycles. The van der Waals surface area contributed by atoms with Crippen LogP contribution >= 0.6 is 0 Å². The van der Waals surface area contributed by atoms with Crippen molar-refractivity contribution in [3.63, 3.8) is 0 Å². The van der Waals surface area contributed by atoms with E-state index < -0.39 is 8.32 Å². The second-order valence-electron chi connectivity index (χ2n) is 7.47. The fraction of sp³-hybridized carbons (Fsp3) is 0.667. The van der Waals surface area contributed by atoms with Gasteiger partial charge >= 0.3 is 0 Å². The molecule has 118 valence electrons. The van der Waals surface area contributed by atoms with E-state index in [4.69, 9.17) is 10.2 Å². The largest absolute Gasteiger partial charge is 0.542 e. The smallest absolute Gasteiger partial charge is 0.258 e. The molecule has 0 unspecified atom stereocenters. The lowest BCUT2D eigenvalue weighted by atomic mass is 9.84. The molecule has 0 saturated carbocycles. The fourth-order valence-electron chi connectivity index (χ4n) is 4.21. The molecule has 1 aliphatic carbocycles. The molecule has 2 N–H and O–H groups in total. The zero-order valence-corrected chi connectivity index (χ0v) is 15.7. The maximum absolute atomic E-state index is 6.84. The lowest BCUT2D eigenvalue weighted by Crippen LogP contribution is -2.51. The number of hydrogen-bond donors (Lipinski definition) is 1. The molecule has 0 atom stereocenters. The normalized spacial score (nSPS) is 14.6. The van der Waals surface area contributed by atoms with Gasteiger partial charge in [0, 0.05) is 11.8 Å². The number of hydrogen-bond acceptors (Lipinski definition) is 2. The number of nitrogen functional groups attached to an aromatic ring is 1. The van der Waals surface area contributed by atoms with Crippen LogP contribution in [-0.2, 0) is 12.8 Å². The monoisotopic (exact) mass is 305 g/mol. The van der Waals surface area contributed by atoms with Crippen molar-refractivity contribution in [3.8, 4) is 5.75 Å². The van der Waals surface area contributed by atoms with E-state index in [9.17, 15) is 0 Å². The number of anilines is 1. The highest BCUT2D eigenvalue weighted by molar-refractivity contribution is 6.78. The lowest BCUT2D eigenvalue weighted by Gasteiger charge is -2.43. The molecule has 0 heterocycles. The van der Waals surface area contributed by atoms with Gasteiger partial charge in [0.15, 0.2) is 0 Å². The van der Waals surface area contributed by atoms with E-state index in [1.807, 2.05) is 0 Å². The molecule has 0 aromatic heterocycles. The van der Waals surface area contributed by atoms with Crippen molar-refractivity contribution in [1.82, 2.24) is 0 Å². The average Bonchev–Trinajstić information content (AvgIpc) is 2.30. The van der Waals surface area contributed by atoms with Crippen LogP contribution in [0, 0.1) is 6.92 Å². The Morgan fingerprint density at radius 1 is 0.952 bits per heavy atom. The summed E-state index contributed by atoms with van der Waals surface area (Å²) >= 11 is 0. The molecule has 0 spiro atoms. The summed E-state index contributed by atoms with van der Waals surface area (Å²) in [5.74, 6) is 1.09. The van der Waals surface area contributed by atoms with Gasteiger partial charge < -0.3 is 10.2 Å². The van der Waals surface area contributed by atoms with Crippen molar-refractivity contribution in [2.75, 3.05) is 5.73 Å². The summed E-state index contributed by atoms with van der Waals surface area (Å²) in [5.41, 5.74) is 13.0. The van der Waals surface area contributed by atoms with Crippen LogP contribution in [0.1, 0.15) is 58.2 Å². The van der Waals surface area contributed by atoms with Crippen molar-refractivity contribution >= 4 is 14.0 Å². The van der Waals surface area contributed by atoms with Crippen molar-refractivity contribution in [2.45, 2.75) is 77.9 Å². The zero-order valence-electron chi connectivity index (χ0n) is 14.7. The maximum atomic E-state index is 6.84. The van der Waals surface area contributed by atoms with E-state index in [0.29, 0.717) is 16.6 Å². The van der Waals surface area contributed by atoms with Gasteiger partial charge in [-0.15, -0.1) is 0 Å². The maximum Gasteiger partial charge on any atom is 0.258 e. The van der Waals surface area contributed by atoms with Crippen molar-refractivity contribution < 1.29 is 4.43 Å². The first-order valence-corrected chi connectivity index (χ1v) is 10.5. The molecule has 1 aromatic rings. The van der Waals surface area contributed by atoms with E-state index in [-0.39, 0.29) is 0 Å². The minimum absolute atomic E-state index is 0.593. The van der Waals surface area contributed by atoms with Crippen LogP contribution in [-0.4, -0.2) is 8.32 Å². The van der Waals surface area contributed by atoms with Gasteiger partial charge in [-0.05, 0) is 53.1 Å². The van der Waals surface area contributed by atoms with Crippen molar-refractivity contribution in [2.24, 2.45) is 0 Å². The van der Waals surface area contributed by atoms with Gasteiger partial charge in [0.1, 0.15) is 5.75 Å². The predicted octanol–water partition coefficient (Wildman–Crippen LogP) is 5.23. The Morgan fingerprint density at radius 3 is 1.81 bits per heavy atom. The summed E-state index contributed by atoms with van der Waals surface area (Å²) in [5, 5.41) is 0. The van der Waals surface area contributed by atoms with Gasteiger partial charge in [-0.1, -0.05) is 41.5 Å². The summed E-state index contributed by atoms with van der Waals surface area (Å²) in [4.78, 5) is 0. The van der Waals surface area contributed by atoms with Crippen LogP contribution in [0.3, 0.4) is 0 Å². The van der Waals surface area contributed by atoms with Crippen LogP contribution in [0.25, 0.3) is 0 Å².